The van der Waals surface area contributed by atoms with Crippen LogP contribution in [0.15, 0.2) is 24.3 Å². The predicted octanol–water partition coefficient (Wildman–Crippen LogP) is 4.23. The van der Waals surface area contributed by atoms with Gasteiger partial charge in [0.2, 0.25) is 0 Å². The molecule has 0 atom stereocenters. The molecule has 6 nitrogen and oxygen atoms in total. The SMILES string of the molecule is CC(C)(C)NOc1nc2c(NI)nc3ccccc3c2n1I. The van der Waals surface area contributed by atoms with Gasteiger partial charge in [-0.3, -0.25) is 0 Å². The smallest absolute Gasteiger partial charge is 0.326 e. The van der Waals surface area contributed by atoms with Crippen LogP contribution in [0.25, 0.3) is 21.9 Å². The molecule has 2 N–H and O–H groups in total. The molecule has 0 unspecified atom stereocenters. The Morgan fingerprint density at radius 2 is 1.91 bits per heavy atom. The summed E-state index contributed by atoms with van der Waals surface area (Å²) in [6, 6.07) is 8.50. The molecule has 0 fully saturated rings. The number of halogens is 2. The van der Waals surface area contributed by atoms with Crippen molar-refractivity contribution in [3.05, 3.63) is 24.3 Å². The molecule has 0 aliphatic carbocycles. The molecule has 116 valence electrons. The molecule has 0 radical (unpaired) electrons. The lowest BCUT2D eigenvalue weighted by Crippen LogP contribution is -2.38. The molecule has 8 heteroatoms. The molecule has 3 rings (SSSR count). The van der Waals surface area contributed by atoms with E-state index < -0.39 is 0 Å². The molecular weight excluding hydrogens is 508 g/mol. The van der Waals surface area contributed by atoms with Gasteiger partial charge in [-0.25, -0.2) is 7.76 Å². The van der Waals surface area contributed by atoms with Crippen molar-refractivity contribution in [2.75, 3.05) is 3.53 Å². The molecule has 0 saturated carbocycles. The lowest BCUT2D eigenvalue weighted by Gasteiger charge is -2.19. The summed E-state index contributed by atoms with van der Waals surface area (Å²) in [4.78, 5) is 14.9. The first-order valence-corrected chi connectivity index (χ1v) is 8.73. The van der Waals surface area contributed by atoms with Gasteiger partial charge in [-0.2, -0.15) is 4.98 Å². The van der Waals surface area contributed by atoms with Crippen molar-refractivity contribution in [1.82, 2.24) is 18.2 Å². The van der Waals surface area contributed by atoms with Crippen LogP contribution in [0.3, 0.4) is 0 Å². The standard InChI is InChI=1S/C14H15I2N5O/c1-14(2,3)20-22-13-18-10-11(21(13)16)8-6-4-5-7-9(8)17-12(10)19-15/h4-7,20H,1-3H3,(H,17,19). The summed E-state index contributed by atoms with van der Waals surface area (Å²) in [6.07, 6.45) is 0. The monoisotopic (exact) mass is 523 g/mol. The maximum Gasteiger partial charge on any atom is 0.326 e. The van der Waals surface area contributed by atoms with Gasteiger partial charge in [-0.15, -0.1) is 5.48 Å². The van der Waals surface area contributed by atoms with E-state index in [0.29, 0.717) is 6.01 Å². The third-order valence-electron chi connectivity index (χ3n) is 2.95. The van der Waals surface area contributed by atoms with E-state index >= 15 is 0 Å². The minimum atomic E-state index is -0.167. The minimum Gasteiger partial charge on any atom is -0.368 e. The number of imidazole rings is 1. The van der Waals surface area contributed by atoms with E-state index in [4.69, 9.17) is 4.84 Å². The van der Waals surface area contributed by atoms with Crippen molar-refractivity contribution in [2.45, 2.75) is 26.3 Å². The number of aromatic nitrogens is 3. The maximum atomic E-state index is 5.67. The summed E-state index contributed by atoms with van der Waals surface area (Å²) < 4.78 is 4.99. The number of nitrogens with one attached hydrogen (secondary N) is 2. The third kappa shape index (κ3) is 2.95. The number of anilines is 1. The van der Waals surface area contributed by atoms with Crippen LogP contribution in [0.4, 0.5) is 5.82 Å². The van der Waals surface area contributed by atoms with Gasteiger partial charge in [0.25, 0.3) is 0 Å². The minimum absolute atomic E-state index is 0.167. The first-order chi connectivity index (χ1) is 10.4. The van der Waals surface area contributed by atoms with Gasteiger partial charge in [0.15, 0.2) is 5.82 Å². The Balaban J connectivity index is 2.21. The Hall–Kier alpha value is -0.880. The number of hydroxylamine groups is 1. The zero-order valence-electron chi connectivity index (χ0n) is 12.3. The van der Waals surface area contributed by atoms with Crippen LogP contribution in [0.1, 0.15) is 20.8 Å². The third-order valence-corrected chi connectivity index (χ3v) is 4.36. The summed E-state index contributed by atoms with van der Waals surface area (Å²) in [5, 5.41) is 1.04. The van der Waals surface area contributed by atoms with Crippen molar-refractivity contribution in [1.29, 1.82) is 0 Å². The topological polar surface area (TPSA) is 64.0 Å². The second-order valence-electron chi connectivity index (χ2n) is 5.90. The van der Waals surface area contributed by atoms with Gasteiger partial charge in [0.1, 0.15) is 5.52 Å². The van der Waals surface area contributed by atoms with Crippen LogP contribution in [-0.4, -0.2) is 18.3 Å². The number of nitrogens with zero attached hydrogens (tertiary/aromatic N) is 3. The summed E-state index contributed by atoms with van der Waals surface area (Å²) in [6.45, 7) is 6.09. The molecule has 0 spiro atoms. The van der Waals surface area contributed by atoms with E-state index in [-0.39, 0.29) is 5.54 Å². The summed E-state index contributed by atoms with van der Waals surface area (Å²) in [5.41, 5.74) is 5.51. The zero-order valence-corrected chi connectivity index (χ0v) is 16.6. The highest BCUT2D eigenvalue weighted by molar-refractivity contribution is 14.1. The molecule has 2 aromatic heterocycles. The van der Waals surface area contributed by atoms with Crippen molar-refractivity contribution >= 4 is 73.5 Å². The fourth-order valence-electron chi connectivity index (χ4n) is 2.05. The van der Waals surface area contributed by atoms with Gasteiger partial charge in [0.05, 0.1) is 56.8 Å². The molecule has 3 aromatic rings. The van der Waals surface area contributed by atoms with Crippen LogP contribution in [0.5, 0.6) is 6.01 Å². The highest BCUT2D eigenvalue weighted by Crippen LogP contribution is 2.34. The molecule has 0 saturated heterocycles. The van der Waals surface area contributed by atoms with Crippen LogP contribution < -0.4 is 13.8 Å². The van der Waals surface area contributed by atoms with Crippen LogP contribution in [-0.2, 0) is 0 Å². The number of rotatable bonds is 3. The van der Waals surface area contributed by atoms with Crippen LogP contribution in [0, 0.1) is 0 Å². The van der Waals surface area contributed by atoms with Crippen molar-refractivity contribution < 1.29 is 4.84 Å². The molecule has 0 aliphatic rings. The molecule has 2 heterocycles. The Morgan fingerprint density at radius 1 is 1.18 bits per heavy atom. The van der Waals surface area contributed by atoms with Gasteiger partial charge >= 0.3 is 6.01 Å². The van der Waals surface area contributed by atoms with Crippen LogP contribution in [0.2, 0.25) is 0 Å². The highest BCUT2D eigenvalue weighted by Gasteiger charge is 2.19. The van der Waals surface area contributed by atoms with Gasteiger partial charge in [-0.05, 0) is 26.8 Å². The number of fused-ring (bicyclic) bond motifs is 3. The number of pyridine rings is 1. The fourth-order valence-corrected chi connectivity index (χ4v) is 3.12. The average Bonchev–Trinajstić information content (AvgIpc) is 2.81. The lowest BCUT2D eigenvalue weighted by atomic mass is 10.1. The van der Waals surface area contributed by atoms with Crippen LogP contribution >= 0.6 is 45.7 Å². The van der Waals surface area contributed by atoms with E-state index in [0.717, 1.165) is 27.8 Å². The van der Waals surface area contributed by atoms with Crippen molar-refractivity contribution in [3.8, 4) is 6.01 Å². The first-order valence-electron chi connectivity index (χ1n) is 6.69. The van der Waals surface area contributed by atoms with E-state index in [1.54, 1.807) is 0 Å². The maximum absolute atomic E-state index is 5.67. The molecule has 0 aliphatic heterocycles. The lowest BCUT2D eigenvalue weighted by molar-refractivity contribution is 0.108. The normalized spacial score (nSPS) is 12.0. The summed E-state index contributed by atoms with van der Waals surface area (Å²) in [5.74, 6) is 0.727. The van der Waals surface area contributed by atoms with E-state index in [2.05, 4.69) is 64.7 Å². The summed E-state index contributed by atoms with van der Waals surface area (Å²) >= 11 is 4.27. The van der Waals surface area contributed by atoms with Gasteiger partial charge in [0, 0.05) is 10.9 Å². The zero-order chi connectivity index (χ0) is 15.9. The van der Waals surface area contributed by atoms with E-state index in [1.807, 2.05) is 47.8 Å². The second-order valence-corrected chi connectivity index (χ2v) is 7.40. The Bertz CT molecular complexity index is 840. The number of hydrogen-bond donors (Lipinski definition) is 2. The number of para-hydroxylation sites is 1. The predicted molar refractivity (Wildman–Crippen MR) is 106 cm³/mol. The second kappa shape index (κ2) is 5.96. The Kier molecular flexibility index (Phi) is 4.34. The number of hydrogen-bond acceptors (Lipinski definition) is 5. The summed E-state index contributed by atoms with van der Waals surface area (Å²) in [7, 11) is 0. The largest absolute Gasteiger partial charge is 0.368 e. The Labute approximate surface area is 156 Å². The highest BCUT2D eigenvalue weighted by atomic mass is 127. The molecule has 22 heavy (non-hydrogen) atoms. The fraction of sp³-hybridized carbons (Fsp3) is 0.286. The molecular formula is C14H15I2N5O. The average molecular weight is 523 g/mol. The van der Waals surface area contributed by atoms with E-state index in [9.17, 15) is 0 Å². The van der Waals surface area contributed by atoms with Gasteiger partial charge < -0.3 is 8.37 Å². The van der Waals surface area contributed by atoms with Crippen molar-refractivity contribution in [2.24, 2.45) is 0 Å². The Morgan fingerprint density at radius 3 is 2.59 bits per heavy atom. The molecule has 0 bridgehead atoms. The first kappa shape index (κ1) is 16.0. The van der Waals surface area contributed by atoms with E-state index in [1.165, 1.54) is 0 Å². The van der Waals surface area contributed by atoms with Gasteiger partial charge in [-0.1, -0.05) is 18.2 Å². The molecule has 0 amide bonds. The quantitative estimate of drug-likeness (QED) is 0.306. The molecule has 1 aromatic carbocycles. The van der Waals surface area contributed by atoms with Crippen molar-refractivity contribution in [3.63, 3.8) is 0 Å². The number of benzene rings is 1.